The summed E-state index contributed by atoms with van der Waals surface area (Å²) in [5.74, 6) is 0.501. The second-order valence-electron chi connectivity index (χ2n) is 5.65. The molecule has 0 radical (unpaired) electrons. The molecule has 0 saturated carbocycles. The van der Waals surface area contributed by atoms with Gasteiger partial charge in [0.15, 0.2) is 5.82 Å². The van der Waals surface area contributed by atoms with Crippen LogP contribution in [0.5, 0.6) is 0 Å². The first kappa shape index (κ1) is 20.8. The van der Waals surface area contributed by atoms with Crippen LogP contribution in [0.3, 0.4) is 0 Å². The van der Waals surface area contributed by atoms with Gasteiger partial charge in [-0.05, 0) is 36.8 Å². The fourth-order valence-corrected chi connectivity index (χ4v) is 3.01. The van der Waals surface area contributed by atoms with Gasteiger partial charge >= 0.3 is 6.18 Å². The van der Waals surface area contributed by atoms with E-state index in [0.717, 1.165) is 5.56 Å². The SMILES string of the molecule is Cc1ccnc(Nc2ccc(NCCNS(=O)(=O)CCC(F)(F)F)nn2)c1. The van der Waals surface area contributed by atoms with E-state index in [1.54, 1.807) is 18.3 Å². The third-order valence-electron chi connectivity index (χ3n) is 3.24. The van der Waals surface area contributed by atoms with Gasteiger partial charge in [-0.15, -0.1) is 10.2 Å². The van der Waals surface area contributed by atoms with E-state index in [9.17, 15) is 21.6 Å². The predicted molar refractivity (Wildman–Crippen MR) is 95.2 cm³/mol. The lowest BCUT2D eigenvalue weighted by Crippen LogP contribution is -2.32. The summed E-state index contributed by atoms with van der Waals surface area (Å²) in [6.45, 7) is 2.00. The molecule has 2 heterocycles. The Kier molecular flexibility index (Phi) is 6.91. The van der Waals surface area contributed by atoms with Gasteiger partial charge in [0, 0.05) is 19.3 Å². The topological polar surface area (TPSA) is 109 Å². The summed E-state index contributed by atoms with van der Waals surface area (Å²) < 4.78 is 61.2. The van der Waals surface area contributed by atoms with Crippen LogP contribution in [0.4, 0.5) is 30.6 Å². The largest absolute Gasteiger partial charge is 0.390 e. The van der Waals surface area contributed by atoms with Gasteiger partial charge < -0.3 is 10.6 Å². The number of hydrogen-bond donors (Lipinski definition) is 3. The number of anilines is 3. The zero-order chi connectivity index (χ0) is 19.9. The van der Waals surface area contributed by atoms with Gasteiger partial charge in [-0.2, -0.15) is 13.2 Å². The molecule has 0 aromatic carbocycles. The smallest absolute Gasteiger partial charge is 0.367 e. The molecule has 2 aromatic rings. The number of aryl methyl sites for hydroxylation is 1. The molecule has 3 N–H and O–H groups in total. The summed E-state index contributed by atoms with van der Waals surface area (Å²) >= 11 is 0. The lowest BCUT2D eigenvalue weighted by molar-refractivity contribution is -0.129. The lowest BCUT2D eigenvalue weighted by Gasteiger charge is -2.10. The molecule has 0 atom stereocenters. The molecule has 0 spiro atoms. The Morgan fingerprint density at radius 2 is 1.74 bits per heavy atom. The Hall–Kier alpha value is -2.47. The number of pyridine rings is 1. The first-order valence-corrected chi connectivity index (χ1v) is 9.60. The molecule has 0 aliphatic carbocycles. The highest BCUT2D eigenvalue weighted by Gasteiger charge is 2.29. The molecule has 0 aliphatic rings. The summed E-state index contributed by atoms with van der Waals surface area (Å²) in [4.78, 5) is 4.14. The van der Waals surface area contributed by atoms with E-state index in [0.29, 0.717) is 17.5 Å². The minimum Gasteiger partial charge on any atom is -0.367 e. The minimum atomic E-state index is -4.51. The van der Waals surface area contributed by atoms with Crippen molar-refractivity contribution in [2.24, 2.45) is 0 Å². The van der Waals surface area contributed by atoms with Gasteiger partial charge in [-0.1, -0.05) is 0 Å². The maximum Gasteiger partial charge on any atom is 0.390 e. The molecule has 0 saturated heterocycles. The van der Waals surface area contributed by atoms with Crippen LogP contribution in [-0.2, 0) is 10.0 Å². The summed E-state index contributed by atoms with van der Waals surface area (Å²) in [5.41, 5.74) is 1.04. The van der Waals surface area contributed by atoms with Crippen molar-refractivity contribution in [3.63, 3.8) is 0 Å². The highest BCUT2D eigenvalue weighted by molar-refractivity contribution is 7.89. The molecular formula is C15H19F3N6O2S. The summed E-state index contributed by atoms with van der Waals surface area (Å²) in [6.07, 6.45) is -4.23. The van der Waals surface area contributed by atoms with Crippen LogP contribution in [-0.4, -0.2) is 48.6 Å². The van der Waals surface area contributed by atoms with Crippen LogP contribution in [0.15, 0.2) is 30.5 Å². The highest BCUT2D eigenvalue weighted by Crippen LogP contribution is 2.19. The van der Waals surface area contributed by atoms with Gasteiger partial charge in [0.1, 0.15) is 11.6 Å². The van der Waals surface area contributed by atoms with Gasteiger partial charge in [0.05, 0.1) is 12.2 Å². The number of halogens is 3. The number of nitrogens with one attached hydrogen (secondary N) is 3. The number of hydrogen-bond acceptors (Lipinski definition) is 7. The zero-order valence-electron chi connectivity index (χ0n) is 14.4. The van der Waals surface area contributed by atoms with Crippen molar-refractivity contribution in [2.75, 3.05) is 29.5 Å². The van der Waals surface area contributed by atoms with E-state index < -0.39 is 28.4 Å². The summed E-state index contributed by atoms with van der Waals surface area (Å²) in [6, 6.07) is 7.00. The fourth-order valence-electron chi connectivity index (χ4n) is 1.95. The van der Waals surface area contributed by atoms with Crippen molar-refractivity contribution >= 4 is 27.5 Å². The van der Waals surface area contributed by atoms with Crippen molar-refractivity contribution in [1.29, 1.82) is 0 Å². The normalized spacial score (nSPS) is 12.0. The maximum atomic E-state index is 12.1. The second kappa shape index (κ2) is 8.95. The van der Waals surface area contributed by atoms with E-state index >= 15 is 0 Å². The minimum absolute atomic E-state index is 0.0743. The number of alkyl halides is 3. The first-order chi connectivity index (χ1) is 12.6. The average Bonchev–Trinajstić information content (AvgIpc) is 2.58. The third-order valence-corrected chi connectivity index (χ3v) is 4.63. The summed E-state index contributed by atoms with van der Waals surface area (Å²) in [5, 5.41) is 13.7. The Balaban J connectivity index is 1.75. The molecule has 0 unspecified atom stereocenters. The average molecular weight is 404 g/mol. The molecule has 0 amide bonds. The Bertz CT molecular complexity index is 843. The molecular weight excluding hydrogens is 385 g/mol. The number of sulfonamides is 1. The standard InChI is InChI=1S/C15H19F3N6O2S/c1-11-4-6-19-14(10-11)22-13-3-2-12(23-24-13)20-7-8-21-27(25,26)9-5-15(16,17)18/h2-4,6,10,21H,5,7-9H2,1H3,(H,20,23)(H,19,22,24). The second-order valence-corrected chi connectivity index (χ2v) is 7.58. The van der Waals surface area contributed by atoms with E-state index in [-0.39, 0.29) is 13.1 Å². The molecule has 12 heteroatoms. The molecule has 0 aliphatic heterocycles. The molecule has 0 bridgehead atoms. The quantitative estimate of drug-likeness (QED) is 0.550. The van der Waals surface area contributed by atoms with E-state index in [1.807, 2.05) is 19.1 Å². The van der Waals surface area contributed by atoms with Crippen molar-refractivity contribution in [2.45, 2.75) is 19.5 Å². The van der Waals surface area contributed by atoms with Gasteiger partial charge in [0.25, 0.3) is 0 Å². The van der Waals surface area contributed by atoms with Crippen molar-refractivity contribution < 1.29 is 21.6 Å². The highest BCUT2D eigenvalue weighted by atomic mass is 32.2. The zero-order valence-corrected chi connectivity index (χ0v) is 15.2. The first-order valence-electron chi connectivity index (χ1n) is 7.94. The van der Waals surface area contributed by atoms with Crippen LogP contribution in [0.1, 0.15) is 12.0 Å². The molecule has 148 valence electrons. The number of aromatic nitrogens is 3. The molecule has 0 fully saturated rings. The monoisotopic (exact) mass is 404 g/mol. The maximum absolute atomic E-state index is 12.1. The number of rotatable bonds is 9. The molecule has 2 rings (SSSR count). The van der Waals surface area contributed by atoms with Gasteiger partial charge in [0.2, 0.25) is 10.0 Å². The van der Waals surface area contributed by atoms with E-state index in [1.165, 1.54) is 0 Å². The van der Waals surface area contributed by atoms with Crippen LogP contribution in [0, 0.1) is 6.92 Å². The van der Waals surface area contributed by atoms with Crippen LogP contribution < -0.4 is 15.4 Å². The lowest BCUT2D eigenvalue weighted by atomic mass is 10.3. The molecule has 27 heavy (non-hydrogen) atoms. The van der Waals surface area contributed by atoms with Gasteiger partial charge in [-0.25, -0.2) is 18.1 Å². The Morgan fingerprint density at radius 3 is 2.37 bits per heavy atom. The van der Waals surface area contributed by atoms with Crippen molar-refractivity contribution in [3.05, 3.63) is 36.0 Å². The van der Waals surface area contributed by atoms with E-state index in [4.69, 9.17) is 0 Å². The molecule has 8 nitrogen and oxygen atoms in total. The number of nitrogens with zero attached hydrogens (tertiary/aromatic N) is 3. The van der Waals surface area contributed by atoms with Crippen molar-refractivity contribution in [3.8, 4) is 0 Å². The molecule has 2 aromatic heterocycles. The third kappa shape index (κ3) is 8.17. The Labute approximate surface area is 154 Å². The predicted octanol–water partition coefficient (Wildman–Crippen LogP) is 2.21. The van der Waals surface area contributed by atoms with Crippen LogP contribution >= 0.6 is 0 Å². The fraction of sp³-hybridized carbons (Fsp3) is 0.400. The van der Waals surface area contributed by atoms with E-state index in [2.05, 4.69) is 30.5 Å². The Morgan fingerprint density at radius 1 is 1.04 bits per heavy atom. The van der Waals surface area contributed by atoms with Crippen LogP contribution in [0.25, 0.3) is 0 Å². The van der Waals surface area contributed by atoms with Crippen molar-refractivity contribution in [1.82, 2.24) is 19.9 Å². The van der Waals surface area contributed by atoms with Gasteiger partial charge in [-0.3, -0.25) is 0 Å². The summed E-state index contributed by atoms with van der Waals surface area (Å²) in [7, 11) is -3.98. The van der Waals surface area contributed by atoms with Crippen LogP contribution in [0.2, 0.25) is 0 Å².